The average Bonchev–Trinajstić information content (AvgIpc) is 3.20. The third-order valence-electron chi connectivity index (χ3n) is 7.14. The van der Waals surface area contributed by atoms with Gasteiger partial charge in [0.05, 0.1) is 16.4 Å². The molecule has 1 unspecified atom stereocenters. The van der Waals surface area contributed by atoms with Crippen molar-refractivity contribution in [3.63, 3.8) is 0 Å². The van der Waals surface area contributed by atoms with E-state index in [0.29, 0.717) is 24.4 Å². The Morgan fingerprint density at radius 2 is 1.69 bits per heavy atom. The molecule has 2 saturated heterocycles. The quantitative estimate of drug-likeness (QED) is 0.529. The molecule has 0 spiro atoms. The number of rotatable bonds is 9. The van der Waals surface area contributed by atoms with E-state index in [9.17, 15) is 21.6 Å². The molecule has 2 fully saturated rings. The molecular weight excluding hydrogens is 498 g/mol. The molecule has 0 aliphatic carbocycles. The van der Waals surface area contributed by atoms with Crippen molar-refractivity contribution in [3.8, 4) is 0 Å². The van der Waals surface area contributed by atoms with E-state index in [1.807, 2.05) is 30.3 Å². The summed E-state index contributed by atoms with van der Waals surface area (Å²) in [5.74, 6) is 0.729. The van der Waals surface area contributed by atoms with Crippen LogP contribution >= 0.6 is 0 Å². The van der Waals surface area contributed by atoms with Crippen LogP contribution in [0.15, 0.2) is 59.5 Å². The Bertz CT molecular complexity index is 1240. The number of amides is 1. The van der Waals surface area contributed by atoms with E-state index in [4.69, 9.17) is 0 Å². The summed E-state index contributed by atoms with van der Waals surface area (Å²) in [6.45, 7) is 3.45. The lowest BCUT2D eigenvalue weighted by molar-refractivity contribution is -0.117. The molecule has 36 heavy (non-hydrogen) atoms. The SMILES string of the molecule is CS(=O)(=O)c1ccc(NC(=O)CC2CCN(CCN(c3ccccc3)C3CCS(=O)(=O)C3)CC2)cc1. The van der Waals surface area contributed by atoms with Gasteiger partial charge in [-0.1, -0.05) is 18.2 Å². The number of hydrogen-bond acceptors (Lipinski definition) is 7. The molecule has 2 aromatic carbocycles. The van der Waals surface area contributed by atoms with Gasteiger partial charge in [-0.15, -0.1) is 0 Å². The van der Waals surface area contributed by atoms with Gasteiger partial charge in [0, 0.05) is 43.2 Å². The smallest absolute Gasteiger partial charge is 0.224 e. The Morgan fingerprint density at radius 3 is 2.28 bits per heavy atom. The Balaban J connectivity index is 1.24. The zero-order valence-corrected chi connectivity index (χ0v) is 22.3. The van der Waals surface area contributed by atoms with Gasteiger partial charge in [-0.2, -0.15) is 0 Å². The number of sulfone groups is 2. The first-order chi connectivity index (χ1) is 17.1. The molecule has 10 heteroatoms. The first-order valence-electron chi connectivity index (χ1n) is 12.4. The van der Waals surface area contributed by atoms with E-state index >= 15 is 0 Å². The van der Waals surface area contributed by atoms with Gasteiger partial charge < -0.3 is 15.1 Å². The number of nitrogens with zero attached hydrogens (tertiary/aromatic N) is 2. The summed E-state index contributed by atoms with van der Waals surface area (Å²) in [4.78, 5) is 17.4. The van der Waals surface area contributed by atoms with Crippen molar-refractivity contribution in [3.05, 3.63) is 54.6 Å². The molecule has 4 rings (SSSR count). The molecular formula is C26H35N3O5S2. The largest absolute Gasteiger partial charge is 0.366 e. The Kier molecular flexibility index (Phi) is 8.37. The highest BCUT2D eigenvalue weighted by atomic mass is 32.2. The first kappa shape index (κ1) is 26.6. The van der Waals surface area contributed by atoms with Gasteiger partial charge in [-0.05, 0) is 74.7 Å². The maximum atomic E-state index is 12.5. The first-order valence-corrected chi connectivity index (χ1v) is 16.1. The van der Waals surface area contributed by atoms with Gasteiger partial charge in [0.2, 0.25) is 5.91 Å². The summed E-state index contributed by atoms with van der Waals surface area (Å²) in [6.07, 6.45) is 4.14. The van der Waals surface area contributed by atoms with Crippen molar-refractivity contribution < 1.29 is 21.6 Å². The van der Waals surface area contributed by atoms with E-state index in [1.165, 1.54) is 12.1 Å². The molecule has 0 aromatic heterocycles. The molecule has 196 valence electrons. The van der Waals surface area contributed by atoms with Crippen LogP contribution < -0.4 is 10.2 Å². The predicted octanol–water partition coefficient (Wildman–Crippen LogP) is 2.82. The summed E-state index contributed by atoms with van der Waals surface area (Å²) in [5.41, 5.74) is 1.66. The molecule has 2 heterocycles. The fraction of sp³-hybridized carbons (Fsp3) is 0.500. The molecule has 2 aliphatic rings. The van der Waals surface area contributed by atoms with Crippen LogP contribution in [0, 0.1) is 5.92 Å². The van der Waals surface area contributed by atoms with Crippen LogP contribution in [0.4, 0.5) is 11.4 Å². The molecule has 0 saturated carbocycles. The summed E-state index contributed by atoms with van der Waals surface area (Å²) < 4.78 is 47.3. The minimum absolute atomic E-state index is 0.0186. The number of para-hydroxylation sites is 1. The maximum absolute atomic E-state index is 12.5. The summed E-state index contributed by atoms with van der Waals surface area (Å²) in [5, 5.41) is 2.87. The number of anilines is 2. The van der Waals surface area contributed by atoms with Crippen LogP contribution in [0.25, 0.3) is 0 Å². The monoisotopic (exact) mass is 533 g/mol. The van der Waals surface area contributed by atoms with Crippen LogP contribution in [0.1, 0.15) is 25.7 Å². The molecule has 0 bridgehead atoms. The minimum atomic E-state index is -3.26. The molecule has 1 atom stereocenters. The highest BCUT2D eigenvalue weighted by Crippen LogP contribution is 2.26. The Morgan fingerprint density at radius 1 is 1.03 bits per heavy atom. The summed E-state index contributed by atoms with van der Waals surface area (Å²) >= 11 is 0. The second kappa shape index (κ2) is 11.3. The van der Waals surface area contributed by atoms with Crippen LogP contribution in [0.2, 0.25) is 0 Å². The normalized spacial score (nSPS) is 20.8. The molecule has 0 radical (unpaired) electrons. The predicted molar refractivity (Wildman–Crippen MR) is 143 cm³/mol. The number of nitrogens with one attached hydrogen (secondary N) is 1. The Labute approximate surface area is 214 Å². The second-order valence-corrected chi connectivity index (χ2v) is 14.2. The number of piperidine rings is 1. The standard InChI is InChI=1S/C26H35N3O5S2/c1-35(31,32)25-9-7-22(8-10-25)27-26(30)19-21-11-14-28(15-12-21)16-17-29(23-5-3-2-4-6-23)24-13-18-36(33,34)20-24/h2-10,21,24H,11-20H2,1H3,(H,27,30). The van der Waals surface area contributed by atoms with Gasteiger partial charge in [0.15, 0.2) is 19.7 Å². The Hall–Kier alpha value is -2.43. The van der Waals surface area contributed by atoms with E-state index < -0.39 is 19.7 Å². The number of carbonyl (C=O) groups excluding carboxylic acids is 1. The molecule has 1 N–H and O–H groups in total. The van der Waals surface area contributed by atoms with E-state index in [-0.39, 0.29) is 28.4 Å². The van der Waals surface area contributed by atoms with E-state index in [2.05, 4.69) is 15.1 Å². The number of benzene rings is 2. The van der Waals surface area contributed by atoms with Gasteiger partial charge in [-0.3, -0.25) is 4.79 Å². The zero-order chi connectivity index (χ0) is 25.8. The van der Waals surface area contributed by atoms with Crippen molar-refractivity contribution in [2.45, 2.75) is 36.6 Å². The van der Waals surface area contributed by atoms with Gasteiger partial charge in [-0.25, -0.2) is 16.8 Å². The van der Waals surface area contributed by atoms with Crippen molar-refractivity contribution in [1.82, 2.24) is 4.90 Å². The maximum Gasteiger partial charge on any atom is 0.224 e. The van der Waals surface area contributed by atoms with Gasteiger partial charge in [0.25, 0.3) is 0 Å². The van der Waals surface area contributed by atoms with Gasteiger partial charge in [0.1, 0.15) is 0 Å². The lowest BCUT2D eigenvalue weighted by Crippen LogP contribution is -2.44. The highest BCUT2D eigenvalue weighted by molar-refractivity contribution is 7.91. The lowest BCUT2D eigenvalue weighted by Gasteiger charge is -2.36. The summed E-state index contributed by atoms with van der Waals surface area (Å²) in [6, 6.07) is 16.3. The fourth-order valence-corrected chi connectivity index (χ4v) is 7.45. The number of carbonyl (C=O) groups is 1. The van der Waals surface area contributed by atoms with E-state index in [0.717, 1.165) is 51.0 Å². The van der Waals surface area contributed by atoms with E-state index in [1.54, 1.807) is 12.1 Å². The van der Waals surface area contributed by atoms with Crippen molar-refractivity contribution >= 4 is 37.0 Å². The third-order valence-corrected chi connectivity index (χ3v) is 10.0. The van der Waals surface area contributed by atoms with Gasteiger partial charge >= 0.3 is 0 Å². The van der Waals surface area contributed by atoms with Crippen molar-refractivity contribution in [1.29, 1.82) is 0 Å². The molecule has 1 amide bonds. The summed E-state index contributed by atoms with van der Waals surface area (Å²) in [7, 11) is -6.22. The van der Waals surface area contributed by atoms with Crippen molar-refractivity contribution in [2.75, 3.05) is 54.2 Å². The minimum Gasteiger partial charge on any atom is -0.366 e. The highest BCUT2D eigenvalue weighted by Gasteiger charge is 2.33. The number of likely N-dealkylation sites (tertiary alicyclic amines) is 1. The zero-order valence-electron chi connectivity index (χ0n) is 20.7. The van der Waals surface area contributed by atoms with Crippen LogP contribution in [-0.4, -0.2) is 77.6 Å². The van der Waals surface area contributed by atoms with Crippen molar-refractivity contribution in [2.24, 2.45) is 5.92 Å². The molecule has 2 aromatic rings. The van der Waals surface area contributed by atoms with Crippen LogP contribution in [0.3, 0.4) is 0 Å². The van der Waals surface area contributed by atoms with Crippen LogP contribution in [0.5, 0.6) is 0 Å². The number of hydrogen-bond donors (Lipinski definition) is 1. The topological polar surface area (TPSA) is 104 Å². The van der Waals surface area contributed by atoms with Crippen LogP contribution in [-0.2, 0) is 24.5 Å². The molecule has 2 aliphatic heterocycles. The third kappa shape index (κ3) is 7.30. The average molecular weight is 534 g/mol. The molecule has 8 nitrogen and oxygen atoms in total. The second-order valence-electron chi connectivity index (χ2n) is 9.92. The fourth-order valence-electron chi connectivity index (χ4n) is 5.09. The lowest BCUT2D eigenvalue weighted by atomic mass is 9.93.